The molecule has 1 aromatic rings. The zero-order chi connectivity index (χ0) is 18.8. The topological polar surface area (TPSA) is 74.6 Å². The van der Waals surface area contributed by atoms with Crippen LogP contribution >= 0.6 is 0 Å². The van der Waals surface area contributed by atoms with E-state index in [1.54, 1.807) is 26.0 Å². The Kier molecular flexibility index (Phi) is 5.14. The summed E-state index contributed by atoms with van der Waals surface area (Å²) in [5.74, 6) is -1.03. The van der Waals surface area contributed by atoms with Crippen LogP contribution in [-0.4, -0.2) is 27.6 Å². The Hall–Kier alpha value is -2.46. The van der Waals surface area contributed by atoms with Crippen LogP contribution in [0.4, 0.5) is 0 Å². The van der Waals surface area contributed by atoms with Crippen molar-refractivity contribution in [1.82, 2.24) is 0 Å². The van der Waals surface area contributed by atoms with Gasteiger partial charge in [0.25, 0.3) is 0 Å². The molecule has 0 bridgehead atoms. The summed E-state index contributed by atoms with van der Waals surface area (Å²) in [6.07, 6.45) is 4.49. The van der Waals surface area contributed by atoms with Gasteiger partial charge in [-0.15, -0.1) is 0 Å². The quantitative estimate of drug-likeness (QED) is 0.646. The second-order valence-electron chi connectivity index (χ2n) is 7.18. The molecule has 0 saturated carbocycles. The Labute approximate surface area is 148 Å². The van der Waals surface area contributed by atoms with E-state index in [2.05, 4.69) is 0 Å². The lowest BCUT2D eigenvalue weighted by atomic mass is 9.61. The molecule has 25 heavy (non-hydrogen) atoms. The molecule has 2 rings (SSSR count). The lowest BCUT2D eigenvalue weighted by Crippen LogP contribution is -2.49. The zero-order valence-corrected chi connectivity index (χ0v) is 15.0. The average Bonchev–Trinajstić information content (AvgIpc) is 2.51. The van der Waals surface area contributed by atoms with E-state index < -0.39 is 17.0 Å². The highest BCUT2D eigenvalue weighted by atomic mass is 16.4. The maximum atomic E-state index is 12.7. The second-order valence-corrected chi connectivity index (χ2v) is 7.18. The van der Waals surface area contributed by atoms with Crippen molar-refractivity contribution in [2.45, 2.75) is 39.7 Å². The molecule has 0 aromatic heterocycles. The molecule has 4 nitrogen and oxygen atoms in total. The van der Waals surface area contributed by atoms with Gasteiger partial charge in [-0.2, -0.15) is 0 Å². The van der Waals surface area contributed by atoms with E-state index in [1.807, 2.05) is 44.2 Å². The van der Waals surface area contributed by atoms with Crippen molar-refractivity contribution in [3.63, 3.8) is 0 Å². The predicted octanol–water partition coefficient (Wildman–Crippen LogP) is 3.78. The largest absolute Gasteiger partial charge is 0.478 e. The van der Waals surface area contributed by atoms with Gasteiger partial charge < -0.3 is 10.2 Å². The van der Waals surface area contributed by atoms with Crippen molar-refractivity contribution in [3.05, 3.63) is 65.3 Å². The number of hydrogen-bond donors (Lipinski definition) is 2. The smallest absolute Gasteiger partial charge is 0.328 e. The lowest BCUT2D eigenvalue weighted by Gasteiger charge is -2.45. The van der Waals surface area contributed by atoms with E-state index >= 15 is 0 Å². The molecule has 0 amide bonds. The predicted molar refractivity (Wildman–Crippen MR) is 97.9 cm³/mol. The van der Waals surface area contributed by atoms with E-state index in [0.717, 1.165) is 11.6 Å². The number of aliphatic carboxylic acids is 1. The summed E-state index contributed by atoms with van der Waals surface area (Å²) in [5.41, 5.74) is 0.366. The number of hydrogen-bond acceptors (Lipinski definition) is 3. The molecule has 0 fully saturated rings. The number of ketones is 1. The number of rotatable bonds is 4. The third kappa shape index (κ3) is 3.64. The molecule has 1 aromatic carbocycles. The van der Waals surface area contributed by atoms with Crippen molar-refractivity contribution >= 4 is 17.3 Å². The Balaban J connectivity index is 2.60. The van der Waals surface area contributed by atoms with E-state index in [1.165, 1.54) is 0 Å². The number of carboxylic acid groups (broad SMARTS) is 1. The maximum absolute atomic E-state index is 12.7. The standard InChI is InChI=1S/C21H24O4/c1-14(12-18(23)24)10-11-21(25)15(2)19(16-8-6-5-7-9-16)17(22)13-20(21,3)4/h5-12,25H,13H2,1-4H3,(H,23,24)/t21-/m1/s1. The Morgan fingerprint density at radius 2 is 1.80 bits per heavy atom. The number of Topliss-reactive ketones (excluding diaryl/α,β-unsaturated/α-hetero) is 1. The van der Waals surface area contributed by atoms with E-state index in [0.29, 0.717) is 16.7 Å². The summed E-state index contributed by atoms with van der Waals surface area (Å²) >= 11 is 0. The first-order chi connectivity index (χ1) is 11.6. The SMILES string of the molecule is CC(C=C[C@@]1(O)C(C)=C(c2ccccc2)C(=O)CC1(C)C)=CC(=O)O. The van der Waals surface area contributed by atoms with Crippen LogP contribution in [0.25, 0.3) is 5.57 Å². The molecule has 0 heterocycles. The van der Waals surface area contributed by atoms with Crippen LogP contribution in [0.5, 0.6) is 0 Å². The van der Waals surface area contributed by atoms with Gasteiger partial charge in [0.05, 0.1) is 0 Å². The van der Waals surface area contributed by atoms with Gasteiger partial charge in [0.2, 0.25) is 0 Å². The first kappa shape index (κ1) is 18.9. The third-order valence-electron chi connectivity index (χ3n) is 4.86. The Morgan fingerprint density at radius 3 is 2.36 bits per heavy atom. The van der Waals surface area contributed by atoms with Gasteiger partial charge in [-0.05, 0) is 36.6 Å². The molecule has 0 unspecified atom stereocenters. The number of carboxylic acids is 1. The van der Waals surface area contributed by atoms with Gasteiger partial charge in [0, 0.05) is 23.5 Å². The molecule has 1 aliphatic carbocycles. The van der Waals surface area contributed by atoms with Gasteiger partial charge in [-0.1, -0.05) is 50.3 Å². The molecule has 0 saturated heterocycles. The van der Waals surface area contributed by atoms with E-state index in [9.17, 15) is 14.7 Å². The van der Waals surface area contributed by atoms with Crippen molar-refractivity contribution in [3.8, 4) is 0 Å². The van der Waals surface area contributed by atoms with E-state index in [-0.39, 0.29) is 12.2 Å². The van der Waals surface area contributed by atoms with Gasteiger partial charge >= 0.3 is 5.97 Å². The van der Waals surface area contributed by atoms with Crippen LogP contribution in [-0.2, 0) is 9.59 Å². The fourth-order valence-corrected chi connectivity index (χ4v) is 3.36. The highest BCUT2D eigenvalue weighted by Crippen LogP contribution is 2.48. The highest BCUT2D eigenvalue weighted by molar-refractivity contribution is 6.23. The molecule has 2 N–H and O–H groups in total. The van der Waals surface area contributed by atoms with Gasteiger partial charge in [-0.3, -0.25) is 4.79 Å². The molecule has 0 spiro atoms. The normalized spacial score (nSPS) is 24.0. The summed E-state index contributed by atoms with van der Waals surface area (Å²) < 4.78 is 0. The van der Waals surface area contributed by atoms with Gasteiger partial charge in [0.15, 0.2) is 5.78 Å². The molecular formula is C21H24O4. The van der Waals surface area contributed by atoms with Crippen molar-refractivity contribution in [2.24, 2.45) is 5.41 Å². The van der Waals surface area contributed by atoms with Crippen LogP contribution < -0.4 is 0 Å². The molecule has 0 aliphatic heterocycles. The lowest BCUT2D eigenvalue weighted by molar-refractivity contribution is -0.131. The minimum atomic E-state index is -1.35. The Morgan fingerprint density at radius 1 is 1.20 bits per heavy atom. The van der Waals surface area contributed by atoms with Crippen LogP contribution in [0.15, 0.2) is 59.7 Å². The molecule has 132 valence electrons. The number of aliphatic hydroxyl groups is 1. The summed E-state index contributed by atoms with van der Waals surface area (Å²) in [5, 5.41) is 20.3. The fraction of sp³-hybridized carbons (Fsp3) is 0.333. The van der Waals surface area contributed by atoms with Crippen molar-refractivity contribution in [1.29, 1.82) is 0 Å². The van der Waals surface area contributed by atoms with Crippen LogP contribution in [0.2, 0.25) is 0 Å². The minimum absolute atomic E-state index is 0.00424. The number of carbonyl (C=O) groups excluding carboxylic acids is 1. The molecular weight excluding hydrogens is 316 g/mol. The monoisotopic (exact) mass is 340 g/mol. The minimum Gasteiger partial charge on any atom is -0.478 e. The van der Waals surface area contributed by atoms with Crippen molar-refractivity contribution < 1.29 is 19.8 Å². The molecule has 1 aliphatic rings. The van der Waals surface area contributed by atoms with Crippen LogP contribution in [0.1, 0.15) is 39.7 Å². The number of benzene rings is 1. The summed E-state index contributed by atoms with van der Waals surface area (Å²) in [6.45, 7) is 7.11. The third-order valence-corrected chi connectivity index (χ3v) is 4.86. The first-order valence-electron chi connectivity index (χ1n) is 8.21. The fourth-order valence-electron chi connectivity index (χ4n) is 3.36. The van der Waals surface area contributed by atoms with Crippen LogP contribution in [0.3, 0.4) is 0 Å². The van der Waals surface area contributed by atoms with E-state index in [4.69, 9.17) is 5.11 Å². The number of carbonyl (C=O) groups is 2. The molecule has 0 radical (unpaired) electrons. The Bertz CT molecular complexity index is 781. The summed E-state index contributed by atoms with van der Waals surface area (Å²) in [4.78, 5) is 23.5. The number of allylic oxidation sites excluding steroid dienone is 3. The van der Waals surface area contributed by atoms with Gasteiger partial charge in [-0.25, -0.2) is 4.79 Å². The average molecular weight is 340 g/mol. The molecule has 1 atom stereocenters. The maximum Gasteiger partial charge on any atom is 0.328 e. The summed E-state index contributed by atoms with van der Waals surface area (Å²) in [7, 11) is 0. The van der Waals surface area contributed by atoms with Crippen molar-refractivity contribution in [2.75, 3.05) is 0 Å². The summed E-state index contributed by atoms with van der Waals surface area (Å²) in [6, 6.07) is 9.31. The zero-order valence-electron chi connectivity index (χ0n) is 15.0. The second kappa shape index (κ2) is 6.81. The first-order valence-corrected chi connectivity index (χ1v) is 8.21. The highest BCUT2D eigenvalue weighted by Gasteiger charge is 2.49. The van der Waals surface area contributed by atoms with Gasteiger partial charge in [0.1, 0.15) is 5.60 Å². The molecule has 4 heteroatoms. The van der Waals surface area contributed by atoms with Crippen LogP contribution in [0, 0.1) is 5.41 Å².